The zero-order valence-electron chi connectivity index (χ0n) is 15.6. The normalized spacial score (nSPS) is 12.2. The van der Waals surface area contributed by atoms with Gasteiger partial charge in [0.15, 0.2) is 0 Å². The summed E-state index contributed by atoms with van der Waals surface area (Å²) in [6.07, 6.45) is 1.67. The fourth-order valence-electron chi connectivity index (χ4n) is 3.55. The van der Waals surface area contributed by atoms with Crippen LogP contribution in [0.25, 0.3) is 21.9 Å². The van der Waals surface area contributed by atoms with Crippen LogP contribution < -0.4 is 15.2 Å². The number of hydrogen-bond donors (Lipinski definition) is 2. The Morgan fingerprint density at radius 1 is 1.24 bits per heavy atom. The van der Waals surface area contributed by atoms with Crippen LogP contribution >= 0.6 is 0 Å². The van der Waals surface area contributed by atoms with Crippen LogP contribution in [0.3, 0.4) is 0 Å². The summed E-state index contributed by atoms with van der Waals surface area (Å²) in [5, 5.41) is 0.941. The molecule has 0 aliphatic heterocycles. The van der Waals surface area contributed by atoms with E-state index in [4.69, 9.17) is 4.74 Å². The molecule has 0 amide bonds. The summed E-state index contributed by atoms with van der Waals surface area (Å²) in [4.78, 5) is 22.1. The van der Waals surface area contributed by atoms with E-state index in [1.807, 2.05) is 18.2 Å². The second kappa shape index (κ2) is 6.88. The molecule has 6 nitrogen and oxygen atoms in total. The molecule has 6 heteroatoms. The van der Waals surface area contributed by atoms with Gasteiger partial charge in [-0.2, -0.15) is 0 Å². The summed E-state index contributed by atoms with van der Waals surface area (Å²) >= 11 is 0. The third-order valence-electron chi connectivity index (χ3n) is 4.90. The zero-order valence-corrected chi connectivity index (χ0v) is 15.6. The van der Waals surface area contributed by atoms with Crippen molar-refractivity contribution in [3.8, 4) is 5.75 Å². The molecule has 3 rings (SSSR count). The van der Waals surface area contributed by atoms with Crippen LogP contribution in [0, 0.1) is 0 Å². The molecule has 2 aromatic heterocycles. The summed E-state index contributed by atoms with van der Waals surface area (Å²) in [5.41, 5.74) is 2.12. The maximum absolute atomic E-state index is 12.9. The Morgan fingerprint density at radius 3 is 2.60 bits per heavy atom. The van der Waals surface area contributed by atoms with Crippen molar-refractivity contribution in [3.05, 3.63) is 34.9 Å². The van der Waals surface area contributed by atoms with E-state index in [1.54, 1.807) is 18.0 Å². The van der Waals surface area contributed by atoms with Gasteiger partial charge in [-0.15, -0.1) is 0 Å². The largest absolute Gasteiger partial charge is 0.497 e. The number of hydrogen-bond acceptors (Lipinski definition) is 3. The molecule has 0 bridgehead atoms. The molecule has 25 heavy (non-hydrogen) atoms. The van der Waals surface area contributed by atoms with Gasteiger partial charge < -0.3 is 14.6 Å². The van der Waals surface area contributed by atoms with Crippen LogP contribution in [-0.4, -0.2) is 40.3 Å². The van der Waals surface area contributed by atoms with Gasteiger partial charge in [0.2, 0.25) is 0 Å². The van der Waals surface area contributed by atoms with Crippen LogP contribution in [0.15, 0.2) is 29.3 Å². The quantitative estimate of drug-likeness (QED) is 0.714. The maximum Gasteiger partial charge on any atom is 0.277 e. The first-order valence-corrected chi connectivity index (χ1v) is 8.82. The van der Waals surface area contributed by atoms with Gasteiger partial charge >= 0.3 is 0 Å². The van der Waals surface area contributed by atoms with Crippen molar-refractivity contribution in [1.29, 1.82) is 0 Å². The average molecular weight is 343 g/mol. The lowest BCUT2D eigenvalue weighted by Crippen LogP contribution is -3.18. The first-order valence-electron chi connectivity index (χ1n) is 8.82. The molecule has 0 unspecified atom stereocenters. The highest BCUT2D eigenvalue weighted by Crippen LogP contribution is 2.25. The predicted octanol–water partition coefficient (Wildman–Crippen LogP) is 1.59. The Morgan fingerprint density at radius 2 is 1.96 bits per heavy atom. The molecule has 0 saturated heterocycles. The molecular weight excluding hydrogens is 316 g/mol. The fraction of sp³-hybridized carbons (Fsp3) is 0.474. The molecule has 2 heterocycles. The summed E-state index contributed by atoms with van der Waals surface area (Å²) in [7, 11) is 1.63. The number of nitrogens with one attached hydrogen (secondary N) is 2. The number of ether oxygens (including phenoxy) is 1. The highest BCUT2D eigenvalue weighted by atomic mass is 16.5. The number of H-pyrrole nitrogens is 1. The minimum absolute atomic E-state index is 0.0213. The van der Waals surface area contributed by atoms with Crippen molar-refractivity contribution in [2.75, 3.05) is 13.7 Å². The molecule has 0 radical (unpaired) electrons. The lowest BCUT2D eigenvalue weighted by Gasteiger charge is -2.27. The van der Waals surface area contributed by atoms with Crippen molar-refractivity contribution in [2.24, 2.45) is 0 Å². The average Bonchev–Trinajstić information content (AvgIpc) is 2.94. The van der Waals surface area contributed by atoms with Gasteiger partial charge in [-0.25, -0.2) is 4.98 Å². The molecule has 0 aliphatic carbocycles. The number of fused-ring (bicyclic) bond motifs is 3. The third kappa shape index (κ3) is 3.26. The number of benzene rings is 1. The number of aromatic nitrogens is 3. The monoisotopic (exact) mass is 343 g/mol. The van der Waals surface area contributed by atoms with Crippen molar-refractivity contribution < 1.29 is 9.64 Å². The molecule has 0 fully saturated rings. The molecule has 0 spiro atoms. The van der Waals surface area contributed by atoms with E-state index in [1.165, 1.54) is 4.90 Å². The molecule has 0 aliphatic rings. The molecule has 134 valence electrons. The van der Waals surface area contributed by atoms with E-state index in [9.17, 15) is 4.79 Å². The van der Waals surface area contributed by atoms with Crippen molar-refractivity contribution in [1.82, 2.24) is 14.5 Å². The van der Waals surface area contributed by atoms with Gasteiger partial charge in [0.1, 0.15) is 16.8 Å². The Labute approximate surface area is 147 Å². The van der Waals surface area contributed by atoms with Gasteiger partial charge in [-0.3, -0.25) is 9.36 Å². The second-order valence-corrected chi connectivity index (χ2v) is 7.14. The molecule has 2 N–H and O–H groups in total. The first-order chi connectivity index (χ1) is 11.9. The lowest BCUT2D eigenvalue weighted by atomic mass is 10.2. The summed E-state index contributed by atoms with van der Waals surface area (Å²) in [6.45, 7) is 10.4. The summed E-state index contributed by atoms with van der Waals surface area (Å²) in [6, 6.07) is 6.76. The number of nitrogens with zero attached hydrogens (tertiary/aromatic N) is 2. The topological polar surface area (TPSA) is 64.3 Å². The van der Waals surface area contributed by atoms with Crippen LogP contribution in [0.2, 0.25) is 0 Å². The maximum atomic E-state index is 12.9. The van der Waals surface area contributed by atoms with Gasteiger partial charge in [0.05, 0.1) is 44.1 Å². The Kier molecular flexibility index (Phi) is 4.81. The minimum atomic E-state index is -0.0213. The standard InChI is InChI=1S/C19H26N4O2/c1-12(2)23(13(3)4)9-8-22-11-20-17-15-7-6-14(25-5)10-16(15)21-18(17)19(22)24/h6-7,10-13,21H,8-9H2,1-5H3/p+1. The van der Waals surface area contributed by atoms with E-state index in [0.29, 0.717) is 24.1 Å². The molecule has 0 atom stereocenters. The highest BCUT2D eigenvalue weighted by Gasteiger charge is 2.18. The van der Waals surface area contributed by atoms with E-state index in [-0.39, 0.29) is 5.56 Å². The Bertz CT molecular complexity index is 932. The van der Waals surface area contributed by atoms with E-state index in [2.05, 4.69) is 37.7 Å². The van der Waals surface area contributed by atoms with Crippen LogP contribution in [0.4, 0.5) is 0 Å². The Balaban J connectivity index is 1.97. The van der Waals surface area contributed by atoms with Crippen molar-refractivity contribution in [3.63, 3.8) is 0 Å². The van der Waals surface area contributed by atoms with Crippen LogP contribution in [0.1, 0.15) is 27.7 Å². The minimum Gasteiger partial charge on any atom is -0.497 e. The van der Waals surface area contributed by atoms with Gasteiger partial charge in [0.25, 0.3) is 5.56 Å². The van der Waals surface area contributed by atoms with E-state index < -0.39 is 0 Å². The number of aromatic amines is 1. The lowest BCUT2D eigenvalue weighted by molar-refractivity contribution is -0.942. The molecule has 1 aromatic carbocycles. The number of quaternary nitrogens is 1. The second-order valence-electron chi connectivity index (χ2n) is 7.14. The van der Waals surface area contributed by atoms with Crippen molar-refractivity contribution >= 4 is 21.9 Å². The van der Waals surface area contributed by atoms with Crippen LogP contribution in [0.5, 0.6) is 5.75 Å². The Hall–Kier alpha value is -2.34. The third-order valence-corrected chi connectivity index (χ3v) is 4.90. The van der Waals surface area contributed by atoms with Gasteiger partial charge in [0, 0.05) is 11.5 Å². The first kappa shape index (κ1) is 17.5. The SMILES string of the molecule is COc1ccc2c(c1)[nH]c1c(=O)n(CC[NH+](C(C)C)C(C)C)cnc12. The van der Waals surface area contributed by atoms with Crippen molar-refractivity contribution in [2.45, 2.75) is 46.3 Å². The summed E-state index contributed by atoms with van der Waals surface area (Å²) < 4.78 is 6.96. The zero-order chi connectivity index (χ0) is 18.1. The molecule has 3 aromatic rings. The van der Waals surface area contributed by atoms with E-state index in [0.717, 1.165) is 28.7 Å². The smallest absolute Gasteiger partial charge is 0.277 e. The predicted molar refractivity (Wildman–Crippen MR) is 101 cm³/mol. The van der Waals surface area contributed by atoms with Gasteiger partial charge in [-0.1, -0.05) is 0 Å². The molecular formula is C19H27N4O2+. The summed E-state index contributed by atoms with van der Waals surface area (Å²) in [5.74, 6) is 0.757. The molecule has 0 saturated carbocycles. The number of methoxy groups -OCH3 is 1. The number of rotatable bonds is 6. The van der Waals surface area contributed by atoms with Crippen LogP contribution in [-0.2, 0) is 6.54 Å². The fourth-order valence-corrected chi connectivity index (χ4v) is 3.55. The van der Waals surface area contributed by atoms with E-state index >= 15 is 0 Å². The van der Waals surface area contributed by atoms with Gasteiger partial charge in [-0.05, 0) is 39.8 Å². The highest BCUT2D eigenvalue weighted by molar-refractivity contribution is 6.04.